The minimum Gasteiger partial charge on any atom is -0.507 e. The van der Waals surface area contributed by atoms with Crippen LogP contribution in [0.5, 0.6) is 5.75 Å². The Hall–Kier alpha value is -4.73. The van der Waals surface area contributed by atoms with Crippen molar-refractivity contribution in [2.45, 2.75) is 113 Å². The van der Waals surface area contributed by atoms with Crippen molar-refractivity contribution in [3.05, 3.63) is 137 Å². The molecule has 60 heavy (non-hydrogen) atoms. The first kappa shape index (κ1) is 46.3. The van der Waals surface area contributed by atoms with Gasteiger partial charge in [0.15, 0.2) is 0 Å². The van der Waals surface area contributed by atoms with E-state index in [-0.39, 0.29) is 48.5 Å². The Morgan fingerprint density at radius 1 is 0.700 bits per heavy atom. The predicted octanol–water partition coefficient (Wildman–Crippen LogP) is 14.2. The molecule has 2 heterocycles. The van der Waals surface area contributed by atoms with E-state index >= 15 is 0 Å². The van der Waals surface area contributed by atoms with Crippen molar-refractivity contribution in [2.24, 2.45) is 12.5 Å². The normalized spacial score (nSPS) is 13.3. The Bertz CT molecular complexity index is 2560. The number of aromatic nitrogens is 3. The number of rotatable bonds is 7. The van der Waals surface area contributed by atoms with Crippen LogP contribution in [0, 0.1) is 11.5 Å². The maximum atomic E-state index is 11.0. The summed E-state index contributed by atoms with van der Waals surface area (Å²) in [7, 11) is 4.20. The number of aromatic hydroxyl groups is 1. The van der Waals surface area contributed by atoms with Crippen molar-refractivity contribution in [3.8, 4) is 39.5 Å². The van der Waals surface area contributed by atoms with Gasteiger partial charge in [0.05, 0.1) is 16.6 Å². The van der Waals surface area contributed by atoms with E-state index in [1.165, 1.54) is 22.4 Å². The van der Waals surface area contributed by atoms with Crippen LogP contribution in [0.3, 0.4) is 0 Å². The number of pyridine rings is 1. The number of hydrogen-bond acceptors (Lipinski definition) is 4. The van der Waals surface area contributed by atoms with Gasteiger partial charge in [0.1, 0.15) is 11.6 Å². The first-order valence-corrected chi connectivity index (χ1v) is 20.9. The largest absolute Gasteiger partial charge is 0.507 e. The van der Waals surface area contributed by atoms with E-state index in [4.69, 9.17) is 9.97 Å². The molecule has 0 unspecified atom stereocenters. The summed E-state index contributed by atoms with van der Waals surface area (Å²) in [5.74, 6) is 0.938. The molecule has 0 bridgehead atoms. The van der Waals surface area contributed by atoms with Crippen molar-refractivity contribution in [1.29, 1.82) is 0 Å². The molecule has 4 aromatic carbocycles. The van der Waals surface area contributed by atoms with E-state index in [0.29, 0.717) is 0 Å². The maximum absolute atomic E-state index is 11.0. The molecule has 1 N–H and O–H groups in total. The molecule has 0 saturated heterocycles. The van der Waals surface area contributed by atoms with Crippen LogP contribution in [0.25, 0.3) is 50.4 Å². The van der Waals surface area contributed by atoms with E-state index in [2.05, 4.69) is 198 Å². The molecule has 0 amide bonds. The second-order valence-electron chi connectivity index (χ2n) is 20.5. The molecular formula is C54H65N4OPt-. The molecule has 318 valence electrons. The molecule has 0 saturated carbocycles. The van der Waals surface area contributed by atoms with Gasteiger partial charge in [-0.15, -0.1) is 29.8 Å². The number of phenolic OH excluding ortho intramolecular Hbond substituents is 1. The molecule has 0 aliphatic carbocycles. The fourth-order valence-corrected chi connectivity index (χ4v) is 7.25. The van der Waals surface area contributed by atoms with Crippen LogP contribution in [-0.2, 0) is 44.4 Å². The molecule has 0 fully saturated rings. The Morgan fingerprint density at radius 2 is 1.30 bits per heavy atom. The number of para-hydroxylation sites is 1. The summed E-state index contributed by atoms with van der Waals surface area (Å²) in [5, 5.41) is 11.0. The van der Waals surface area contributed by atoms with E-state index in [9.17, 15) is 5.11 Å². The summed E-state index contributed by atoms with van der Waals surface area (Å²) < 4.78 is 2.07. The summed E-state index contributed by atoms with van der Waals surface area (Å²) in [6.07, 6.45) is 4.28. The quantitative estimate of drug-likeness (QED) is 0.128. The molecule has 6 heteroatoms. The van der Waals surface area contributed by atoms with Gasteiger partial charge >= 0.3 is 0 Å². The average molecular weight is 981 g/mol. The zero-order chi connectivity index (χ0) is 43.4. The van der Waals surface area contributed by atoms with Crippen LogP contribution in [-0.4, -0.2) is 26.7 Å². The van der Waals surface area contributed by atoms with Crippen LogP contribution in [0.15, 0.2) is 108 Å². The number of fused-ring (bicyclic) bond motifs is 1. The molecule has 0 spiro atoms. The zero-order valence-electron chi connectivity index (χ0n) is 38.8. The SMILES string of the molecule is C/C(=C(\C=C(/C)C(C)(C)C)c1ccnc(-c2[c-]c(-c3cccc4c3nc(-c3cc(C(C)(C)C)ccc3O)n4C)ccc2)c1)N(C)c1cc(C(C)(C)C)cc(C(C)(C)C)c1.[Pt]. The molecular weight excluding hydrogens is 916 g/mol. The predicted molar refractivity (Wildman–Crippen MR) is 252 cm³/mol. The Morgan fingerprint density at radius 3 is 1.90 bits per heavy atom. The summed E-state index contributed by atoms with van der Waals surface area (Å²) >= 11 is 0. The number of aryl methyl sites for hydroxylation is 1. The van der Waals surface area contributed by atoms with Gasteiger partial charge in [0.25, 0.3) is 0 Å². The van der Waals surface area contributed by atoms with Gasteiger partial charge in [-0.3, -0.25) is 4.98 Å². The van der Waals surface area contributed by atoms with Gasteiger partial charge in [0, 0.05) is 64.0 Å². The van der Waals surface area contributed by atoms with Gasteiger partial charge in [-0.2, -0.15) is 0 Å². The van der Waals surface area contributed by atoms with E-state index in [1.807, 2.05) is 19.3 Å². The number of imidazole rings is 1. The third-order valence-electron chi connectivity index (χ3n) is 11.9. The monoisotopic (exact) mass is 980 g/mol. The van der Waals surface area contributed by atoms with Crippen LogP contribution >= 0.6 is 0 Å². The topological polar surface area (TPSA) is 54.2 Å². The smallest absolute Gasteiger partial charge is 0.143 e. The number of phenols is 1. The number of anilines is 1. The number of hydrogen-bond donors (Lipinski definition) is 1. The zero-order valence-corrected chi connectivity index (χ0v) is 41.1. The molecule has 6 aromatic rings. The molecule has 2 aromatic heterocycles. The van der Waals surface area contributed by atoms with Crippen LogP contribution in [0.1, 0.15) is 119 Å². The van der Waals surface area contributed by atoms with Crippen LogP contribution in [0.4, 0.5) is 5.69 Å². The van der Waals surface area contributed by atoms with Gasteiger partial charge in [-0.05, 0) is 94.2 Å². The summed E-state index contributed by atoms with van der Waals surface area (Å²) in [6.45, 7) is 31.6. The number of allylic oxidation sites excluding steroid dienone is 4. The van der Waals surface area contributed by atoms with E-state index < -0.39 is 0 Å². The molecule has 0 aliphatic rings. The molecule has 5 nitrogen and oxygen atoms in total. The second kappa shape index (κ2) is 17.0. The van der Waals surface area contributed by atoms with Crippen molar-refractivity contribution in [3.63, 3.8) is 0 Å². The maximum Gasteiger partial charge on any atom is 0.143 e. The van der Waals surface area contributed by atoms with Crippen molar-refractivity contribution < 1.29 is 26.2 Å². The fourth-order valence-electron chi connectivity index (χ4n) is 7.25. The second-order valence-corrected chi connectivity index (χ2v) is 20.5. The van der Waals surface area contributed by atoms with Crippen LogP contribution in [0.2, 0.25) is 0 Å². The summed E-state index contributed by atoms with van der Waals surface area (Å²) in [6, 6.07) is 33.5. The summed E-state index contributed by atoms with van der Waals surface area (Å²) in [5.41, 5.74) is 15.9. The molecule has 0 radical (unpaired) electrons. The third-order valence-corrected chi connectivity index (χ3v) is 11.9. The fraction of sp³-hybridized carbons (Fsp3) is 0.370. The van der Waals surface area contributed by atoms with Crippen molar-refractivity contribution in [2.75, 3.05) is 11.9 Å². The van der Waals surface area contributed by atoms with E-state index in [1.54, 1.807) is 6.07 Å². The first-order chi connectivity index (χ1) is 27.3. The third kappa shape index (κ3) is 9.73. The van der Waals surface area contributed by atoms with Gasteiger partial charge in [-0.25, -0.2) is 4.98 Å². The average Bonchev–Trinajstić information content (AvgIpc) is 3.50. The standard InChI is InChI=1S/C54H65N4O.Pt/c1-34(51(3,4)5)27-44(35(2)57(15)42-31-40(53(9,10)11)30-41(32-42)54(12,13)14)37-25-26-55-46(29-37)38-20-17-19-36(28-38)43-21-18-22-47-49(43)56-50(58(47)16)45-33-39(52(6,7)8)23-24-48(45)59;/h17-27,29-33,59H,1-16H3;/q-1;/b34-27+,44-35-;. The number of nitrogens with zero attached hydrogens (tertiary/aromatic N) is 4. The number of benzene rings is 4. The van der Waals surface area contributed by atoms with E-state index in [0.717, 1.165) is 67.2 Å². The summed E-state index contributed by atoms with van der Waals surface area (Å²) in [4.78, 5) is 12.4. The molecule has 0 aliphatic heterocycles. The minimum atomic E-state index is -0.0694. The van der Waals surface area contributed by atoms with Gasteiger partial charge in [-0.1, -0.05) is 136 Å². The molecule has 0 atom stereocenters. The van der Waals surface area contributed by atoms with Crippen molar-refractivity contribution in [1.82, 2.24) is 14.5 Å². The van der Waals surface area contributed by atoms with Gasteiger partial charge in [0.2, 0.25) is 0 Å². The van der Waals surface area contributed by atoms with Crippen molar-refractivity contribution >= 4 is 22.3 Å². The van der Waals surface area contributed by atoms with Gasteiger partial charge < -0.3 is 14.6 Å². The first-order valence-electron chi connectivity index (χ1n) is 20.9. The minimum absolute atomic E-state index is 0. The Balaban J connectivity index is 0.00000683. The Labute approximate surface area is 375 Å². The molecule has 6 rings (SSSR count). The Kier molecular flexibility index (Phi) is 13.1. The van der Waals surface area contributed by atoms with Crippen LogP contribution < -0.4 is 4.90 Å².